The van der Waals surface area contributed by atoms with E-state index in [-0.39, 0.29) is 27.9 Å². The Morgan fingerprint density at radius 2 is 2.04 bits per heavy atom. The molecule has 11 heteroatoms. The summed E-state index contributed by atoms with van der Waals surface area (Å²) in [7, 11) is -1.03. The third-order valence-corrected chi connectivity index (χ3v) is 6.48. The molecule has 0 spiro atoms. The number of anilines is 1. The van der Waals surface area contributed by atoms with Crippen LogP contribution < -0.4 is 15.4 Å². The van der Waals surface area contributed by atoms with Gasteiger partial charge in [0.1, 0.15) is 11.8 Å². The van der Waals surface area contributed by atoms with E-state index in [1.165, 1.54) is 49.1 Å². The molecule has 146 valence electrons. The van der Waals surface area contributed by atoms with Gasteiger partial charge in [0, 0.05) is 32.5 Å². The van der Waals surface area contributed by atoms with Gasteiger partial charge in [-0.3, -0.25) is 4.79 Å². The van der Waals surface area contributed by atoms with E-state index in [1.807, 2.05) is 6.07 Å². The minimum Gasteiger partial charge on any atom is -0.496 e. The molecule has 0 aliphatic carbocycles. The summed E-state index contributed by atoms with van der Waals surface area (Å²) in [5.74, 6) is -0.152. The van der Waals surface area contributed by atoms with E-state index in [0.717, 1.165) is 0 Å². The number of hydrogen-bond acceptors (Lipinski definition) is 8. The zero-order valence-corrected chi connectivity index (χ0v) is 16.0. The summed E-state index contributed by atoms with van der Waals surface area (Å²) < 4.78 is 32.2. The van der Waals surface area contributed by atoms with Gasteiger partial charge in [0.15, 0.2) is 11.5 Å². The summed E-state index contributed by atoms with van der Waals surface area (Å²) in [5.41, 5.74) is 5.49. The monoisotopic (exact) mass is 402 g/mol. The number of ether oxygens (including phenoxy) is 1. The lowest BCUT2D eigenvalue weighted by molar-refractivity contribution is 0.0997. The molecule has 1 aliphatic rings. The van der Waals surface area contributed by atoms with Crippen molar-refractivity contribution in [2.75, 3.05) is 32.1 Å². The Morgan fingerprint density at radius 1 is 1.36 bits per heavy atom. The average molecular weight is 402 g/mol. The summed E-state index contributed by atoms with van der Waals surface area (Å²) in [6, 6.07) is 5.62. The van der Waals surface area contributed by atoms with Crippen LogP contribution in [-0.2, 0) is 10.0 Å². The highest BCUT2D eigenvalue weighted by molar-refractivity contribution is 7.89. The predicted octanol–water partition coefficient (Wildman–Crippen LogP) is -0.0349. The Labute approximate surface area is 162 Å². The number of primary amides is 1. The van der Waals surface area contributed by atoms with Gasteiger partial charge in [-0.2, -0.15) is 9.57 Å². The minimum absolute atomic E-state index is 0.00886. The fourth-order valence-corrected chi connectivity index (χ4v) is 4.27. The van der Waals surface area contributed by atoms with Crippen LogP contribution in [0.3, 0.4) is 0 Å². The van der Waals surface area contributed by atoms with Gasteiger partial charge < -0.3 is 15.4 Å². The van der Waals surface area contributed by atoms with Crippen LogP contribution in [0.2, 0.25) is 0 Å². The maximum Gasteiger partial charge on any atom is 0.252 e. The van der Waals surface area contributed by atoms with Crippen LogP contribution in [0.5, 0.6) is 5.75 Å². The van der Waals surface area contributed by atoms with Gasteiger partial charge >= 0.3 is 0 Å². The van der Waals surface area contributed by atoms with Crippen molar-refractivity contribution >= 4 is 21.7 Å². The van der Waals surface area contributed by atoms with Crippen LogP contribution in [-0.4, -0.2) is 61.9 Å². The first kappa shape index (κ1) is 19.5. The second-order valence-electron chi connectivity index (χ2n) is 6.15. The van der Waals surface area contributed by atoms with Crippen molar-refractivity contribution < 1.29 is 17.9 Å². The lowest BCUT2D eigenvalue weighted by Crippen LogP contribution is -2.60. The molecular weight excluding hydrogens is 384 g/mol. The van der Waals surface area contributed by atoms with Crippen LogP contribution in [0.4, 0.5) is 5.82 Å². The number of benzene rings is 1. The molecule has 2 heterocycles. The fraction of sp³-hybridized carbons (Fsp3) is 0.294. The van der Waals surface area contributed by atoms with Crippen molar-refractivity contribution in [1.82, 2.24) is 14.3 Å². The van der Waals surface area contributed by atoms with Crippen molar-refractivity contribution in [3.8, 4) is 11.8 Å². The third kappa shape index (κ3) is 3.35. The van der Waals surface area contributed by atoms with E-state index in [9.17, 15) is 13.2 Å². The van der Waals surface area contributed by atoms with Gasteiger partial charge in [0.25, 0.3) is 5.91 Å². The Morgan fingerprint density at radius 3 is 2.64 bits per heavy atom. The van der Waals surface area contributed by atoms with E-state index in [0.29, 0.717) is 18.9 Å². The highest BCUT2D eigenvalue weighted by Crippen LogP contribution is 2.28. The van der Waals surface area contributed by atoms with Gasteiger partial charge in [-0.1, -0.05) is 0 Å². The molecule has 2 N–H and O–H groups in total. The van der Waals surface area contributed by atoms with Crippen molar-refractivity contribution in [3.63, 3.8) is 0 Å². The van der Waals surface area contributed by atoms with Crippen LogP contribution in [0, 0.1) is 11.3 Å². The molecule has 0 unspecified atom stereocenters. The second-order valence-corrected chi connectivity index (χ2v) is 8.14. The molecule has 1 aromatic carbocycles. The van der Waals surface area contributed by atoms with Gasteiger partial charge in [0.2, 0.25) is 10.0 Å². The summed E-state index contributed by atoms with van der Waals surface area (Å²) >= 11 is 0. The predicted molar refractivity (Wildman–Crippen MR) is 99.2 cm³/mol. The van der Waals surface area contributed by atoms with Crippen molar-refractivity contribution in [2.24, 2.45) is 5.73 Å². The van der Waals surface area contributed by atoms with E-state index in [4.69, 9.17) is 15.7 Å². The Bertz CT molecular complexity index is 1060. The fourth-order valence-electron chi connectivity index (χ4n) is 2.90. The molecule has 1 fully saturated rings. The quantitative estimate of drug-likeness (QED) is 0.709. The van der Waals surface area contributed by atoms with E-state index in [2.05, 4.69) is 9.97 Å². The van der Waals surface area contributed by atoms with E-state index < -0.39 is 15.9 Å². The minimum atomic E-state index is -3.86. The number of aromatic nitrogens is 2. The second kappa shape index (κ2) is 7.41. The van der Waals surface area contributed by atoms with Crippen molar-refractivity contribution in [1.29, 1.82) is 5.26 Å². The number of carbonyl (C=O) groups is 1. The number of carbonyl (C=O) groups excluding carboxylic acids is 1. The van der Waals surface area contributed by atoms with E-state index in [1.54, 1.807) is 4.90 Å². The number of nitrogens with zero attached hydrogens (tertiary/aromatic N) is 5. The van der Waals surface area contributed by atoms with Crippen LogP contribution in [0.15, 0.2) is 35.5 Å². The number of likely N-dealkylation sites (N-methyl/N-ethyl adjacent to an activating group) is 1. The Hall–Kier alpha value is -3.23. The maximum absolute atomic E-state index is 12.9. The average Bonchev–Trinajstić information content (AvgIpc) is 2.66. The topological polar surface area (TPSA) is 143 Å². The summed E-state index contributed by atoms with van der Waals surface area (Å²) in [4.78, 5) is 21.4. The molecule has 3 rings (SSSR count). The maximum atomic E-state index is 12.9. The smallest absolute Gasteiger partial charge is 0.252 e. The molecule has 1 saturated heterocycles. The Balaban J connectivity index is 1.80. The van der Waals surface area contributed by atoms with Crippen LogP contribution in [0.25, 0.3) is 0 Å². The zero-order chi connectivity index (χ0) is 20.5. The number of rotatable bonds is 6. The number of sulfonamides is 1. The first-order chi connectivity index (χ1) is 13.3. The van der Waals surface area contributed by atoms with E-state index >= 15 is 0 Å². The van der Waals surface area contributed by atoms with Crippen LogP contribution in [0.1, 0.15) is 16.1 Å². The molecule has 28 heavy (non-hydrogen) atoms. The standard InChI is InChI=1S/C17H18N6O4S/c1-22(11-9-23(10-11)17-14(8-18)20-5-6-21-17)28(25,26)12-3-4-15(27-2)13(7-12)16(19)24/h3-7,11H,9-10H2,1-2H3,(H2,19,24). The summed E-state index contributed by atoms with van der Waals surface area (Å²) in [5, 5.41) is 9.12. The summed E-state index contributed by atoms with van der Waals surface area (Å²) in [6.07, 6.45) is 2.91. The first-order valence-corrected chi connectivity index (χ1v) is 9.65. The summed E-state index contributed by atoms with van der Waals surface area (Å²) in [6.45, 7) is 0.726. The van der Waals surface area contributed by atoms with Gasteiger partial charge in [-0.05, 0) is 18.2 Å². The van der Waals surface area contributed by atoms with Gasteiger partial charge in [-0.15, -0.1) is 0 Å². The molecule has 0 bridgehead atoms. The number of hydrogen-bond donors (Lipinski definition) is 1. The van der Waals surface area contributed by atoms with Crippen molar-refractivity contribution in [3.05, 3.63) is 41.9 Å². The molecular formula is C17H18N6O4S. The van der Waals surface area contributed by atoms with Gasteiger partial charge in [0.05, 0.1) is 23.6 Å². The lowest BCUT2D eigenvalue weighted by Gasteiger charge is -2.43. The molecule has 1 amide bonds. The molecule has 10 nitrogen and oxygen atoms in total. The molecule has 2 aromatic rings. The molecule has 1 aromatic heterocycles. The largest absolute Gasteiger partial charge is 0.496 e. The molecule has 0 atom stereocenters. The number of nitriles is 1. The number of nitrogens with two attached hydrogens (primary N) is 1. The third-order valence-electron chi connectivity index (χ3n) is 4.57. The SMILES string of the molecule is COc1ccc(S(=O)(=O)N(C)C2CN(c3nccnc3C#N)C2)cc1C(N)=O. The van der Waals surface area contributed by atoms with Crippen LogP contribution >= 0.6 is 0 Å². The lowest BCUT2D eigenvalue weighted by atomic mass is 10.1. The number of amides is 1. The normalized spacial score (nSPS) is 14.4. The van der Waals surface area contributed by atoms with Crippen molar-refractivity contribution in [2.45, 2.75) is 10.9 Å². The highest BCUT2D eigenvalue weighted by Gasteiger charge is 2.38. The Kier molecular flexibility index (Phi) is 5.17. The molecule has 0 saturated carbocycles. The molecule has 1 aliphatic heterocycles. The highest BCUT2D eigenvalue weighted by atomic mass is 32.2. The number of methoxy groups -OCH3 is 1. The van der Waals surface area contributed by atoms with Gasteiger partial charge in [-0.25, -0.2) is 18.4 Å². The zero-order valence-electron chi connectivity index (χ0n) is 15.2. The molecule has 0 radical (unpaired) electrons. The first-order valence-electron chi connectivity index (χ1n) is 8.21.